The van der Waals surface area contributed by atoms with Crippen LogP contribution in [0.2, 0.25) is 5.02 Å². The van der Waals surface area contributed by atoms with Crippen LogP contribution in [0.5, 0.6) is 0 Å². The van der Waals surface area contributed by atoms with Crippen molar-refractivity contribution in [1.82, 2.24) is 4.90 Å². The fraction of sp³-hybridized carbons (Fsp3) is 0.308. The number of morpholine rings is 1. The number of carbonyl (C=O) groups excluding carboxylic acids is 1. The Labute approximate surface area is 132 Å². The van der Waals surface area contributed by atoms with Gasteiger partial charge in [0.2, 0.25) is 5.96 Å². The molecular weight excluding hydrogens is 308 g/mol. The molecule has 8 nitrogen and oxygen atoms in total. The molecule has 0 aromatic heterocycles. The van der Waals surface area contributed by atoms with E-state index in [9.17, 15) is 4.79 Å². The van der Waals surface area contributed by atoms with Crippen molar-refractivity contribution in [3.8, 4) is 0 Å². The molecular formula is C13H17ClN6O2. The van der Waals surface area contributed by atoms with Gasteiger partial charge in [0, 0.05) is 18.7 Å². The normalized spacial score (nSPS) is 15.5. The summed E-state index contributed by atoms with van der Waals surface area (Å²) in [5.41, 5.74) is 16.8. The van der Waals surface area contributed by atoms with Gasteiger partial charge in [0.15, 0.2) is 5.96 Å². The Kier molecular flexibility index (Phi) is 5.18. The van der Waals surface area contributed by atoms with Crippen LogP contribution in [-0.2, 0) is 4.74 Å². The smallest absolute Gasteiger partial charge is 0.254 e. The van der Waals surface area contributed by atoms with Gasteiger partial charge in [-0.1, -0.05) is 11.6 Å². The average molecular weight is 325 g/mol. The van der Waals surface area contributed by atoms with E-state index in [4.69, 9.17) is 33.5 Å². The molecule has 0 radical (unpaired) electrons. The number of benzene rings is 1. The molecule has 1 saturated heterocycles. The summed E-state index contributed by atoms with van der Waals surface area (Å²) in [6.07, 6.45) is 0. The van der Waals surface area contributed by atoms with Crippen LogP contribution in [0.15, 0.2) is 28.2 Å². The molecule has 0 atom stereocenters. The number of nitrogens with two attached hydrogens (primary N) is 3. The van der Waals surface area contributed by atoms with Gasteiger partial charge in [-0.25, -0.2) is 4.99 Å². The van der Waals surface area contributed by atoms with Crippen molar-refractivity contribution in [3.63, 3.8) is 0 Å². The molecule has 118 valence electrons. The van der Waals surface area contributed by atoms with Gasteiger partial charge in [-0.3, -0.25) is 4.79 Å². The van der Waals surface area contributed by atoms with Gasteiger partial charge in [-0.15, -0.1) is 0 Å². The van der Waals surface area contributed by atoms with Crippen molar-refractivity contribution in [2.75, 3.05) is 26.3 Å². The molecule has 1 aliphatic heterocycles. The summed E-state index contributed by atoms with van der Waals surface area (Å²) in [6, 6.07) is 4.77. The Balaban J connectivity index is 2.26. The number of hydrogen-bond donors (Lipinski definition) is 3. The van der Waals surface area contributed by atoms with Gasteiger partial charge >= 0.3 is 0 Å². The maximum atomic E-state index is 12.4. The van der Waals surface area contributed by atoms with Crippen molar-refractivity contribution in [3.05, 3.63) is 28.8 Å². The summed E-state index contributed by atoms with van der Waals surface area (Å²) < 4.78 is 5.23. The number of nitrogens with zero attached hydrogens (tertiary/aromatic N) is 3. The van der Waals surface area contributed by atoms with Gasteiger partial charge in [0.05, 0.1) is 23.9 Å². The van der Waals surface area contributed by atoms with E-state index in [1.54, 1.807) is 23.1 Å². The highest BCUT2D eigenvalue weighted by atomic mass is 35.5. The second kappa shape index (κ2) is 7.10. The Morgan fingerprint density at radius 2 is 1.91 bits per heavy atom. The van der Waals surface area contributed by atoms with Crippen molar-refractivity contribution in [2.24, 2.45) is 27.2 Å². The third-order valence-electron chi connectivity index (χ3n) is 2.97. The van der Waals surface area contributed by atoms with Crippen LogP contribution in [0.1, 0.15) is 10.4 Å². The maximum absolute atomic E-state index is 12.4. The summed E-state index contributed by atoms with van der Waals surface area (Å²) in [4.78, 5) is 21.7. The Morgan fingerprint density at radius 3 is 2.55 bits per heavy atom. The molecule has 1 aliphatic rings. The summed E-state index contributed by atoms with van der Waals surface area (Å²) in [6.45, 7) is 2.16. The molecule has 0 spiro atoms. The van der Waals surface area contributed by atoms with E-state index in [0.29, 0.717) is 42.6 Å². The monoisotopic (exact) mass is 324 g/mol. The number of amides is 1. The summed E-state index contributed by atoms with van der Waals surface area (Å²) in [7, 11) is 0. The zero-order valence-electron chi connectivity index (χ0n) is 11.8. The van der Waals surface area contributed by atoms with E-state index >= 15 is 0 Å². The minimum Gasteiger partial charge on any atom is -0.378 e. The lowest BCUT2D eigenvalue weighted by atomic mass is 10.1. The van der Waals surface area contributed by atoms with E-state index in [1.165, 1.54) is 0 Å². The first kappa shape index (κ1) is 16.1. The van der Waals surface area contributed by atoms with Crippen LogP contribution in [0.4, 0.5) is 5.69 Å². The second-order valence-electron chi connectivity index (χ2n) is 4.58. The predicted octanol–water partition coefficient (Wildman–Crippen LogP) is 0.0320. The summed E-state index contributed by atoms with van der Waals surface area (Å²) >= 11 is 6.05. The third-order valence-corrected chi connectivity index (χ3v) is 3.29. The largest absolute Gasteiger partial charge is 0.378 e. The van der Waals surface area contributed by atoms with Gasteiger partial charge in [0.25, 0.3) is 5.91 Å². The topological polar surface area (TPSA) is 132 Å². The van der Waals surface area contributed by atoms with Crippen LogP contribution in [0.25, 0.3) is 0 Å². The molecule has 6 N–H and O–H groups in total. The molecule has 1 heterocycles. The molecule has 1 amide bonds. The first-order valence-electron chi connectivity index (χ1n) is 6.58. The highest BCUT2D eigenvalue weighted by molar-refractivity contribution is 6.33. The predicted molar refractivity (Wildman–Crippen MR) is 85.3 cm³/mol. The summed E-state index contributed by atoms with van der Waals surface area (Å²) in [5.74, 6) is -0.465. The summed E-state index contributed by atoms with van der Waals surface area (Å²) in [5, 5.41) is 0.340. The number of ether oxygens (including phenoxy) is 1. The van der Waals surface area contributed by atoms with Crippen molar-refractivity contribution in [2.45, 2.75) is 0 Å². The lowest BCUT2D eigenvalue weighted by molar-refractivity contribution is 0.0303. The molecule has 0 unspecified atom stereocenters. The van der Waals surface area contributed by atoms with E-state index in [2.05, 4.69) is 9.98 Å². The number of guanidine groups is 2. The maximum Gasteiger partial charge on any atom is 0.254 e. The molecule has 0 bridgehead atoms. The fourth-order valence-electron chi connectivity index (χ4n) is 1.96. The number of hydrogen-bond acceptors (Lipinski definition) is 3. The minimum atomic E-state index is -0.210. The molecule has 1 aromatic carbocycles. The number of halogens is 1. The lowest BCUT2D eigenvalue weighted by Gasteiger charge is -2.26. The van der Waals surface area contributed by atoms with Crippen molar-refractivity contribution < 1.29 is 9.53 Å². The Morgan fingerprint density at radius 1 is 1.23 bits per heavy atom. The van der Waals surface area contributed by atoms with Crippen LogP contribution in [0, 0.1) is 0 Å². The van der Waals surface area contributed by atoms with E-state index in [0.717, 1.165) is 0 Å². The number of carbonyl (C=O) groups is 1. The van der Waals surface area contributed by atoms with Crippen molar-refractivity contribution >= 4 is 35.1 Å². The quantitative estimate of drug-likeness (QED) is 0.521. The number of aliphatic imine (C=N–C) groups is 2. The zero-order chi connectivity index (χ0) is 16.1. The average Bonchev–Trinajstić information content (AvgIpc) is 2.49. The first-order valence-corrected chi connectivity index (χ1v) is 6.95. The molecule has 1 aromatic rings. The second-order valence-corrected chi connectivity index (χ2v) is 4.98. The molecule has 1 fully saturated rings. The Bertz CT molecular complexity index is 621. The van der Waals surface area contributed by atoms with Crippen molar-refractivity contribution in [1.29, 1.82) is 0 Å². The lowest BCUT2D eigenvalue weighted by Crippen LogP contribution is -2.40. The van der Waals surface area contributed by atoms with Gasteiger partial charge in [-0.05, 0) is 18.2 Å². The molecule has 9 heteroatoms. The SMILES string of the molecule is NC(N)=NC(N)=Nc1cc(C(=O)N2CCOCC2)ccc1Cl. The minimum absolute atomic E-state index is 0.114. The Hall–Kier alpha value is -2.32. The van der Waals surface area contributed by atoms with Gasteiger partial charge < -0.3 is 26.8 Å². The molecule has 0 aliphatic carbocycles. The molecule has 22 heavy (non-hydrogen) atoms. The van der Waals surface area contributed by atoms with Crippen LogP contribution >= 0.6 is 11.6 Å². The molecule has 0 saturated carbocycles. The zero-order valence-corrected chi connectivity index (χ0v) is 12.6. The van der Waals surface area contributed by atoms with E-state index in [-0.39, 0.29) is 17.8 Å². The van der Waals surface area contributed by atoms with Crippen LogP contribution in [-0.4, -0.2) is 49.0 Å². The number of rotatable bonds is 2. The first-order chi connectivity index (χ1) is 10.5. The van der Waals surface area contributed by atoms with Crippen LogP contribution < -0.4 is 17.2 Å². The fourth-order valence-corrected chi connectivity index (χ4v) is 2.12. The highest BCUT2D eigenvalue weighted by Crippen LogP contribution is 2.26. The highest BCUT2D eigenvalue weighted by Gasteiger charge is 2.19. The van der Waals surface area contributed by atoms with Crippen LogP contribution in [0.3, 0.4) is 0 Å². The standard InChI is InChI=1S/C13H17ClN6O2/c14-9-2-1-8(11(21)20-3-5-22-6-4-20)7-10(9)18-13(17)19-12(15)16/h1-2,7H,3-6H2,(H6,15,16,17,18,19). The van der Waals surface area contributed by atoms with Gasteiger partial charge in [0.1, 0.15) is 0 Å². The molecule has 2 rings (SSSR count). The van der Waals surface area contributed by atoms with E-state index in [1.807, 2.05) is 0 Å². The third kappa shape index (κ3) is 4.09. The van der Waals surface area contributed by atoms with E-state index < -0.39 is 0 Å². The van der Waals surface area contributed by atoms with Gasteiger partial charge in [-0.2, -0.15) is 4.99 Å².